The summed E-state index contributed by atoms with van der Waals surface area (Å²) < 4.78 is 34.1. The van der Waals surface area contributed by atoms with Crippen LogP contribution in [0.2, 0.25) is 0 Å². The van der Waals surface area contributed by atoms with Gasteiger partial charge in [0, 0.05) is 12.8 Å². The number of likely N-dealkylation sites (N-methyl/N-ethyl adjacent to an activating group) is 1. The predicted molar refractivity (Wildman–Crippen MR) is 282 cm³/mol. The Bertz CT molecular complexity index is 1230. The molecule has 0 spiro atoms. The molecule has 0 aromatic heterocycles. The lowest BCUT2D eigenvalue weighted by Gasteiger charge is -2.28. The lowest BCUT2D eigenvalue weighted by atomic mass is 10.0. The minimum Gasteiger partial charge on any atom is -0.756 e. The highest BCUT2D eigenvalue weighted by atomic mass is 31.2. The molecule has 394 valence electrons. The summed E-state index contributed by atoms with van der Waals surface area (Å²) in [5.74, 6) is -0.823. The van der Waals surface area contributed by atoms with E-state index in [1.54, 1.807) is 0 Å². The van der Waals surface area contributed by atoms with Gasteiger partial charge in [0.05, 0.1) is 27.7 Å². The van der Waals surface area contributed by atoms with Crippen LogP contribution in [0.3, 0.4) is 0 Å². The second-order valence-electron chi connectivity index (χ2n) is 20.3. The van der Waals surface area contributed by atoms with Crippen LogP contribution in [0.15, 0.2) is 36.5 Å². The molecule has 0 aliphatic carbocycles. The normalized spacial score (nSPS) is 13.6. The van der Waals surface area contributed by atoms with E-state index in [2.05, 4.69) is 50.3 Å². The van der Waals surface area contributed by atoms with Gasteiger partial charge in [0.15, 0.2) is 6.10 Å². The van der Waals surface area contributed by atoms with Crippen molar-refractivity contribution in [2.45, 2.75) is 270 Å². The van der Waals surface area contributed by atoms with Crippen molar-refractivity contribution in [2.24, 2.45) is 0 Å². The SMILES string of the molecule is CCCCCCC/C=C\C/C=C\C/C=C\CCCCCCCCCCCCCCCCC(=O)OC(COC(=O)CCCCCCCCCCCCCCCC)COP(=O)([O-])OCC[N+](C)(C)C. The first-order valence-electron chi connectivity index (χ1n) is 28.2. The number of rotatable bonds is 52. The molecular weight excluding hydrogens is 858 g/mol. The van der Waals surface area contributed by atoms with E-state index < -0.39 is 26.5 Å². The van der Waals surface area contributed by atoms with E-state index in [1.807, 2.05) is 21.1 Å². The van der Waals surface area contributed by atoms with Crippen molar-refractivity contribution in [2.75, 3.05) is 47.5 Å². The van der Waals surface area contributed by atoms with E-state index in [-0.39, 0.29) is 32.0 Å². The van der Waals surface area contributed by atoms with E-state index in [1.165, 1.54) is 180 Å². The molecule has 0 saturated heterocycles. The molecule has 0 bridgehead atoms. The van der Waals surface area contributed by atoms with E-state index >= 15 is 0 Å². The highest BCUT2D eigenvalue weighted by molar-refractivity contribution is 7.45. The smallest absolute Gasteiger partial charge is 0.306 e. The summed E-state index contributed by atoms with van der Waals surface area (Å²) in [7, 11) is 1.18. The van der Waals surface area contributed by atoms with Gasteiger partial charge >= 0.3 is 11.9 Å². The van der Waals surface area contributed by atoms with Crippen molar-refractivity contribution >= 4 is 19.8 Å². The Morgan fingerprint density at radius 1 is 0.463 bits per heavy atom. The summed E-state index contributed by atoms with van der Waals surface area (Å²) >= 11 is 0. The van der Waals surface area contributed by atoms with Gasteiger partial charge in [-0.25, -0.2) is 0 Å². The number of phosphoric acid groups is 1. The van der Waals surface area contributed by atoms with Gasteiger partial charge < -0.3 is 27.9 Å². The van der Waals surface area contributed by atoms with Crippen molar-refractivity contribution in [3.05, 3.63) is 36.5 Å². The summed E-state index contributed by atoms with van der Waals surface area (Å²) in [6.45, 7) is 4.26. The van der Waals surface area contributed by atoms with Crippen LogP contribution in [0, 0.1) is 0 Å². The Kier molecular flexibility index (Phi) is 47.9. The number of carbonyl (C=O) groups excluding carboxylic acids is 2. The molecule has 10 heteroatoms. The van der Waals surface area contributed by atoms with E-state index in [9.17, 15) is 19.0 Å². The van der Waals surface area contributed by atoms with E-state index in [4.69, 9.17) is 18.5 Å². The standard InChI is InChI=1S/C57H108NO8P/c1-6-8-10-12-14-16-18-20-22-23-24-25-26-27-28-29-30-31-32-33-34-35-36-38-40-42-44-46-48-50-57(60)66-55(54-65-67(61,62)64-52-51-58(3,4)5)53-63-56(59)49-47-45-43-41-39-37-21-19-17-15-13-11-9-7-2/h18,20,23-24,26-27,55H,6-17,19,21-22,25,28-54H2,1-5H3/b20-18-,24-23-,27-26-. The van der Waals surface area contributed by atoms with Crippen LogP contribution in [0.1, 0.15) is 264 Å². The third-order valence-electron chi connectivity index (χ3n) is 12.4. The quantitative estimate of drug-likeness (QED) is 0.0195. The fourth-order valence-corrected chi connectivity index (χ4v) is 8.75. The largest absolute Gasteiger partial charge is 0.756 e. The number of nitrogens with zero attached hydrogens (tertiary/aromatic N) is 1. The van der Waals surface area contributed by atoms with Crippen LogP contribution >= 0.6 is 7.82 Å². The van der Waals surface area contributed by atoms with Crippen LogP contribution in [-0.2, 0) is 32.7 Å². The fraction of sp³-hybridized carbons (Fsp3) is 0.860. The average Bonchev–Trinajstić information content (AvgIpc) is 3.29. The van der Waals surface area contributed by atoms with Crippen LogP contribution in [-0.4, -0.2) is 70.0 Å². The second kappa shape index (κ2) is 49.2. The molecule has 0 aliphatic heterocycles. The van der Waals surface area contributed by atoms with Crippen molar-refractivity contribution in [1.29, 1.82) is 0 Å². The third kappa shape index (κ3) is 53.4. The van der Waals surface area contributed by atoms with E-state index in [0.717, 1.165) is 51.4 Å². The Hall–Kier alpha value is -1.77. The number of phosphoric ester groups is 1. The van der Waals surface area contributed by atoms with Crippen LogP contribution in [0.5, 0.6) is 0 Å². The van der Waals surface area contributed by atoms with Gasteiger partial charge in [0.25, 0.3) is 7.82 Å². The maximum Gasteiger partial charge on any atom is 0.306 e. The monoisotopic (exact) mass is 966 g/mol. The summed E-state index contributed by atoms with van der Waals surface area (Å²) in [6.07, 6.45) is 59.0. The first kappa shape index (κ1) is 65.2. The van der Waals surface area contributed by atoms with Gasteiger partial charge in [0.1, 0.15) is 19.8 Å². The molecule has 0 aromatic rings. The molecular formula is C57H108NO8P. The maximum absolute atomic E-state index is 12.8. The molecule has 0 rings (SSSR count). The van der Waals surface area contributed by atoms with Crippen molar-refractivity contribution < 1.29 is 42.1 Å². The highest BCUT2D eigenvalue weighted by Gasteiger charge is 2.22. The molecule has 9 nitrogen and oxygen atoms in total. The lowest BCUT2D eigenvalue weighted by molar-refractivity contribution is -0.870. The van der Waals surface area contributed by atoms with Gasteiger partial charge in [-0.1, -0.05) is 237 Å². The first-order valence-corrected chi connectivity index (χ1v) is 29.7. The molecule has 0 amide bonds. The molecule has 0 radical (unpaired) electrons. The highest BCUT2D eigenvalue weighted by Crippen LogP contribution is 2.38. The summed E-state index contributed by atoms with van der Waals surface area (Å²) in [5, 5.41) is 0. The van der Waals surface area contributed by atoms with Gasteiger partial charge in [-0.2, -0.15) is 0 Å². The summed E-state index contributed by atoms with van der Waals surface area (Å²) in [4.78, 5) is 37.8. The van der Waals surface area contributed by atoms with Crippen LogP contribution in [0.25, 0.3) is 0 Å². The molecule has 0 fully saturated rings. The van der Waals surface area contributed by atoms with Crippen LogP contribution < -0.4 is 4.89 Å². The number of unbranched alkanes of at least 4 members (excludes halogenated alkanes) is 32. The van der Waals surface area contributed by atoms with Crippen molar-refractivity contribution in [1.82, 2.24) is 0 Å². The zero-order chi connectivity index (χ0) is 49.2. The number of esters is 2. The fourth-order valence-electron chi connectivity index (χ4n) is 8.02. The lowest BCUT2D eigenvalue weighted by Crippen LogP contribution is -2.37. The minimum atomic E-state index is -4.63. The predicted octanol–water partition coefficient (Wildman–Crippen LogP) is 16.6. The number of hydrogen-bond acceptors (Lipinski definition) is 8. The third-order valence-corrected chi connectivity index (χ3v) is 13.4. The molecule has 0 N–H and O–H groups in total. The molecule has 0 aliphatic rings. The summed E-state index contributed by atoms with van der Waals surface area (Å²) in [5.41, 5.74) is 0. The number of quaternary nitrogens is 1. The number of hydrogen-bond donors (Lipinski definition) is 0. The Morgan fingerprint density at radius 3 is 1.19 bits per heavy atom. The van der Waals surface area contributed by atoms with Gasteiger partial charge in [-0.15, -0.1) is 0 Å². The second-order valence-corrected chi connectivity index (χ2v) is 21.7. The summed E-state index contributed by atoms with van der Waals surface area (Å²) in [6, 6.07) is 0. The first-order chi connectivity index (χ1) is 32.5. The average molecular weight is 966 g/mol. The molecule has 0 aromatic carbocycles. The zero-order valence-electron chi connectivity index (χ0n) is 44.6. The molecule has 2 unspecified atom stereocenters. The zero-order valence-corrected chi connectivity index (χ0v) is 45.5. The molecule has 0 heterocycles. The Labute approximate surface area is 414 Å². The van der Waals surface area contributed by atoms with E-state index in [0.29, 0.717) is 17.4 Å². The molecule has 67 heavy (non-hydrogen) atoms. The Balaban J connectivity index is 4.09. The van der Waals surface area contributed by atoms with Gasteiger partial charge in [-0.3, -0.25) is 14.2 Å². The number of allylic oxidation sites excluding steroid dienone is 6. The topological polar surface area (TPSA) is 111 Å². The van der Waals surface area contributed by atoms with Gasteiger partial charge in [0.2, 0.25) is 0 Å². The number of carbonyl (C=O) groups is 2. The van der Waals surface area contributed by atoms with Gasteiger partial charge in [-0.05, 0) is 51.4 Å². The Morgan fingerprint density at radius 2 is 0.806 bits per heavy atom. The van der Waals surface area contributed by atoms with Crippen molar-refractivity contribution in [3.8, 4) is 0 Å². The van der Waals surface area contributed by atoms with Crippen molar-refractivity contribution in [3.63, 3.8) is 0 Å². The maximum atomic E-state index is 12.8. The van der Waals surface area contributed by atoms with Crippen LogP contribution in [0.4, 0.5) is 0 Å². The molecule has 0 saturated carbocycles. The molecule has 2 atom stereocenters. The number of ether oxygens (including phenoxy) is 2. The minimum absolute atomic E-state index is 0.0290.